The van der Waals surface area contributed by atoms with Crippen LogP contribution in [0.3, 0.4) is 0 Å². The van der Waals surface area contributed by atoms with Crippen LogP contribution in [0.1, 0.15) is 96.8 Å². The van der Waals surface area contributed by atoms with Gasteiger partial charge in [-0.25, -0.2) is 0 Å². The summed E-state index contributed by atoms with van der Waals surface area (Å²) in [6.45, 7) is 2.25. The fraction of sp³-hybridized carbons (Fsp3) is 0.714. The van der Waals surface area contributed by atoms with Crippen LogP contribution >= 0.6 is 0 Å². The van der Waals surface area contributed by atoms with Gasteiger partial charge in [0.1, 0.15) is 6.26 Å². The number of hydrogen-bond donors (Lipinski definition) is 0. The summed E-state index contributed by atoms with van der Waals surface area (Å²) in [5.74, 6) is -0.385. The lowest BCUT2D eigenvalue weighted by atomic mass is 10.0. The molecule has 0 radical (unpaired) electrons. The lowest BCUT2D eigenvalue weighted by Gasteiger charge is -2.04. The number of carbonyl (C=O) groups excluding carboxylic acids is 1. The number of esters is 1. The van der Waals surface area contributed by atoms with E-state index in [2.05, 4.69) is 6.92 Å². The number of unbranched alkanes of at least 4 members (excludes halogenated alkanes) is 12. The molecule has 0 amide bonds. The Morgan fingerprint density at radius 3 is 1.92 bits per heavy atom. The maximum Gasteiger partial charge on any atom is 0.311 e. The van der Waals surface area contributed by atoms with Crippen LogP contribution in [0.5, 0.6) is 5.75 Å². The Hall–Kier alpha value is -1.58. The Morgan fingerprint density at radius 2 is 1.40 bits per heavy atom. The summed E-state index contributed by atoms with van der Waals surface area (Å²) >= 11 is 0. The molecule has 0 fully saturated rings. The molecule has 1 heterocycles. The van der Waals surface area contributed by atoms with Gasteiger partial charge in [-0.15, -0.1) is 0 Å². The fourth-order valence-electron chi connectivity index (χ4n) is 2.88. The molecule has 0 saturated carbocycles. The van der Waals surface area contributed by atoms with Gasteiger partial charge < -0.3 is 9.15 Å². The van der Waals surface area contributed by atoms with E-state index in [0.717, 1.165) is 19.3 Å². The molecular formula is C21H34O4. The second-order valence-corrected chi connectivity index (χ2v) is 6.75. The molecule has 1 rings (SSSR count). The number of carbonyl (C=O) groups is 1. The third kappa shape index (κ3) is 11.6. The molecule has 0 N–H and O–H groups in total. The van der Waals surface area contributed by atoms with Gasteiger partial charge in [0, 0.05) is 12.5 Å². The lowest BCUT2D eigenvalue weighted by Crippen LogP contribution is -2.13. The molecule has 0 aromatic carbocycles. The monoisotopic (exact) mass is 350 g/mol. The van der Waals surface area contributed by atoms with Crippen molar-refractivity contribution in [1.29, 1.82) is 0 Å². The summed E-state index contributed by atoms with van der Waals surface area (Å²) in [7, 11) is 0. The molecule has 0 atom stereocenters. The molecule has 1 aromatic heterocycles. The van der Waals surface area contributed by atoms with E-state index in [4.69, 9.17) is 9.15 Å². The Bertz CT molecular complexity index is 507. The molecule has 0 aliphatic heterocycles. The van der Waals surface area contributed by atoms with E-state index in [0.29, 0.717) is 6.42 Å². The maximum atomic E-state index is 11.7. The molecule has 4 heteroatoms. The minimum Gasteiger partial charge on any atom is -0.468 e. The summed E-state index contributed by atoms with van der Waals surface area (Å²) in [6.07, 6.45) is 19.3. The number of rotatable bonds is 15. The number of hydrogen-bond acceptors (Lipinski definition) is 4. The van der Waals surface area contributed by atoms with Gasteiger partial charge in [-0.2, -0.15) is 0 Å². The first-order valence-electron chi connectivity index (χ1n) is 10.0. The van der Waals surface area contributed by atoms with E-state index in [1.54, 1.807) is 0 Å². The lowest BCUT2D eigenvalue weighted by molar-refractivity contribution is -0.134. The second-order valence-electron chi connectivity index (χ2n) is 6.75. The summed E-state index contributed by atoms with van der Waals surface area (Å²) in [5, 5.41) is 0. The topological polar surface area (TPSA) is 56.5 Å². The average Bonchev–Trinajstić information content (AvgIpc) is 2.61. The maximum absolute atomic E-state index is 11.7. The molecule has 4 nitrogen and oxygen atoms in total. The first-order valence-corrected chi connectivity index (χ1v) is 10.0. The highest BCUT2D eigenvalue weighted by Crippen LogP contribution is 2.13. The van der Waals surface area contributed by atoms with Crippen LogP contribution in [0.4, 0.5) is 0 Å². The SMILES string of the molecule is CCCCCCCCCCCCCCCC(=O)Oc1coccc1=O. The Balaban J connectivity index is 1.88. The molecular weight excluding hydrogens is 316 g/mol. The van der Waals surface area contributed by atoms with Crippen molar-refractivity contribution in [3.8, 4) is 5.75 Å². The first-order chi connectivity index (χ1) is 12.2. The molecule has 0 aliphatic rings. The molecule has 0 unspecified atom stereocenters. The summed E-state index contributed by atoms with van der Waals surface area (Å²) in [4.78, 5) is 23.1. The van der Waals surface area contributed by atoms with Crippen LogP contribution in [0, 0.1) is 0 Å². The predicted molar refractivity (Wildman–Crippen MR) is 101 cm³/mol. The molecule has 25 heavy (non-hydrogen) atoms. The average molecular weight is 350 g/mol. The van der Waals surface area contributed by atoms with E-state index in [9.17, 15) is 9.59 Å². The third-order valence-electron chi connectivity index (χ3n) is 4.42. The zero-order valence-electron chi connectivity index (χ0n) is 15.8. The third-order valence-corrected chi connectivity index (χ3v) is 4.42. The van der Waals surface area contributed by atoms with Crippen LogP contribution in [0.15, 0.2) is 27.8 Å². The van der Waals surface area contributed by atoms with E-state index >= 15 is 0 Å². The van der Waals surface area contributed by atoms with E-state index in [-0.39, 0.29) is 17.1 Å². The fourth-order valence-corrected chi connectivity index (χ4v) is 2.88. The van der Waals surface area contributed by atoms with E-state index in [1.165, 1.54) is 82.8 Å². The molecule has 1 aromatic rings. The van der Waals surface area contributed by atoms with Crippen molar-refractivity contribution >= 4 is 5.97 Å². The molecule has 0 aliphatic carbocycles. The zero-order chi connectivity index (χ0) is 18.2. The Morgan fingerprint density at radius 1 is 0.880 bits per heavy atom. The molecule has 0 spiro atoms. The molecule has 142 valence electrons. The van der Waals surface area contributed by atoms with Gasteiger partial charge in [-0.3, -0.25) is 9.59 Å². The van der Waals surface area contributed by atoms with Gasteiger partial charge in [0.2, 0.25) is 11.2 Å². The minimum atomic E-state index is -0.360. The smallest absolute Gasteiger partial charge is 0.311 e. The van der Waals surface area contributed by atoms with Gasteiger partial charge in [0.15, 0.2) is 0 Å². The van der Waals surface area contributed by atoms with Gasteiger partial charge in [-0.05, 0) is 6.42 Å². The highest BCUT2D eigenvalue weighted by molar-refractivity contribution is 5.72. The normalized spacial score (nSPS) is 10.8. The largest absolute Gasteiger partial charge is 0.468 e. The van der Waals surface area contributed by atoms with Crippen molar-refractivity contribution in [2.45, 2.75) is 96.8 Å². The minimum absolute atomic E-state index is 0.0257. The van der Waals surface area contributed by atoms with Crippen LogP contribution < -0.4 is 10.2 Å². The van der Waals surface area contributed by atoms with Crippen molar-refractivity contribution in [2.75, 3.05) is 0 Å². The van der Waals surface area contributed by atoms with Crippen LogP contribution in [-0.2, 0) is 4.79 Å². The van der Waals surface area contributed by atoms with Crippen molar-refractivity contribution in [3.05, 3.63) is 28.8 Å². The van der Waals surface area contributed by atoms with Crippen molar-refractivity contribution in [2.24, 2.45) is 0 Å². The van der Waals surface area contributed by atoms with E-state index < -0.39 is 0 Å². The Labute approximate surface area is 152 Å². The van der Waals surface area contributed by atoms with Crippen molar-refractivity contribution < 1.29 is 13.9 Å². The summed E-state index contributed by atoms with van der Waals surface area (Å²) < 4.78 is 9.84. The van der Waals surface area contributed by atoms with Gasteiger partial charge in [0.25, 0.3) is 0 Å². The van der Waals surface area contributed by atoms with E-state index in [1.807, 2.05) is 0 Å². The highest BCUT2D eigenvalue weighted by Gasteiger charge is 2.07. The zero-order valence-corrected chi connectivity index (χ0v) is 15.8. The van der Waals surface area contributed by atoms with Gasteiger partial charge in [-0.1, -0.05) is 84.0 Å². The number of ether oxygens (including phenoxy) is 1. The first kappa shape index (κ1) is 21.5. The molecule has 0 saturated heterocycles. The Kier molecular flexibility index (Phi) is 12.7. The molecule has 0 bridgehead atoms. The van der Waals surface area contributed by atoms with Crippen LogP contribution in [0.25, 0.3) is 0 Å². The predicted octanol–water partition coefficient (Wildman–Crippen LogP) is 6.03. The van der Waals surface area contributed by atoms with Crippen LogP contribution in [-0.4, -0.2) is 5.97 Å². The van der Waals surface area contributed by atoms with Crippen molar-refractivity contribution in [1.82, 2.24) is 0 Å². The summed E-state index contributed by atoms with van der Waals surface area (Å²) in [6, 6.07) is 1.24. The van der Waals surface area contributed by atoms with Gasteiger partial charge in [0.05, 0.1) is 6.26 Å². The second kappa shape index (κ2) is 14.7. The standard InChI is InChI=1S/C21H34O4/c1-2-3-4-5-6-7-8-9-10-11-12-13-14-15-21(23)25-20-18-24-17-16-19(20)22/h16-18H,2-15H2,1H3. The van der Waals surface area contributed by atoms with Crippen LogP contribution in [0.2, 0.25) is 0 Å². The van der Waals surface area contributed by atoms with Crippen molar-refractivity contribution in [3.63, 3.8) is 0 Å². The van der Waals surface area contributed by atoms with Gasteiger partial charge >= 0.3 is 5.97 Å². The quantitative estimate of drug-likeness (QED) is 0.286. The summed E-state index contributed by atoms with van der Waals surface area (Å²) in [5.41, 5.74) is -0.329. The highest BCUT2D eigenvalue weighted by atomic mass is 16.5.